The zero-order valence-corrected chi connectivity index (χ0v) is 25.9. The molecule has 0 atom stereocenters. The number of furan rings is 1. The Labute approximate surface area is 310 Å². The highest BCUT2D eigenvalue weighted by Crippen LogP contribution is 2.53. The lowest BCUT2D eigenvalue weighted by Gasteiger charge is -2.35. The highest BCUT2D eigenvalue weighted by molar-refractivity contribution is 7.26. The van der Waals surface area contributed by atoms with E-state index in [1.807, 2.05) is 30.3 Å². The maximum absolute atomic E-state index is 9.08. The summed E-state index contributed by atoms with van der Waals surface area (Å²) in [5, 5.41) is 2.18. The van der Waals surface area contributed by atoms with Crippen LogP contribution in [0.3, 0.4) is 0 Å². The summed E-state index contributed by atoms with van der Waals surface area (Å²) in [5.74, 6) is -0.601. The highest BCUT2D eigenvalue weighted by Gasteiger charge is 2.35. The van der Waals surface area contributed by atoms with Crippen LogP contribution in [0.2, 0.25) is 0 Å². The first-order valence-corrected chi connectivity index (χ1v) is 16.0. The van der Waals surface area contributed by atoms with Gasteiger partial charge in [0.2, 0.25) is 0 Å². The monoisotopic (exact) mass is 658 g/mol. The van der Waals surface area contributed by atoms with Gasteiger partial charge in [-0.3, -0.25) is 0 Å². The second kappa shape index (κ2) is 10.4. The summed E-state index contributed by atoms with van der Waals surface area (Å²) in [6.45, 7) is -19.0. The van der Waals surface area contributed by atoms with E-state index in [9.17, 15) is 0 Å². The number of thiophene rings is 1. The largest absolute Gasteiger partial charge is 0.456 e. The Morgan fingerprint density at radius 1 is 0.583 bits per heavy atom. The number of hydrogen-bond acceptors (Lipinski definition) is 3. The van der Waals surface area contributed by atoms with Crippen molar-refractivity contribution in [1.29, 1.82) is 0 Å². The predicted molar refractivity (Wildman–Crippen MR) is 203 cm³/mol. The van der Waals surface area contributed by atoms with E-state index in [2.05, 4.69) is 0 Å². The fourth-order valence-electron chi connectivity index (χ4n) is 6.96. The van der Waals surface area contributed by atoms with Crippen LogP contribution in [0, 0.1) is 27.4 Å². The van der Waals surface area contributed by atoms with Crippen molar-refractivity contribution in [2.45, 2.75) is 46.5 Å². The minimum atomic E-state index is -3.29. The summed E-state index contributed by atoms with van der Waals surface area (Å²) in [5.41, 5.74) is -6.14. The molecule has 3 heteroatoms. The van der Waals surface area contributed by atoms with Crippen molar-refractivity contribution >= 4 is 42.7 Å². The van der Waals surface area contributed by atoms with Crippen LogP contribution in [0.4, 0.5) is 0 Å². The van der Waals surface area contributed by atoms with Crippen LogP contribution >= 0.6 is 11.3 Å². The molecule has 2 aromatic heterocycles. The molecule has 0 amide bonds. The Balaban J connectivity index is 1.43. The van der Waals surface area contributed by atoms with Gasteiger partial charge < -0.3 is 9.15 Å². The first kappa shape index (κ1) is 15.9. The zero-order chi connectivity index (χ0) is 47.9. The van der Waals surface area contributed by atoms with Crippen LogP contribution in [0.1, 0.15) is 71.8 Å². The summed E-state index contributed by atoms with van der Waals surface area (Å²) in [7, 11) is 0. The van der Waals surface area contributed by atoms with Gasteiger partial charge in [0.25, 0.3) is 0 Å². The van der Waals surface area contributed by atoms with Crippen LogP contribution in [-0.2, 0) is 5.41 Å². The molecule has 6 aromatic carbocycles. The molecule has 0 N–H and O–H groups in total. The van der Waals surface area contributed by atoms with Crippen LogP contribution in [0.15, 0.2) is 114 Å². The average molecular weight is 659 g/mol. The second-order valence-corrected chi connectivity index (χ2v) is 12.9. The fraction of sp³-hybridized carbons (Fsp3) is 0.156. The van der Waals surface area contributed by atoms with Crippen LogP contribution in [0.25, 0.3) is 64.7 Å². The lowest BCUT2D eigenvalue weighted by atomic mass is 9.74. The van der Waals surface area contributed by atoms with Gasteiger partial charge in [0.05, 0.1) is 0 Å². The normalized spacial score (nSPS) is 20.7. The molecule has 0 fully saturated rings. The number of ether oxygens (including phenoxy) is 1. The van der Waals surface area contributed by atoms with E-state index in [-0.39, 0.29) is 50.3 Å². The molecule has 234 valence electrons. The molecule has 0 unspecified atom stereocenters. The van der Waals surface area contributed by atoms with Crippen molar-refractivity contribution < 1.29 is 33.8 Å². The summed E-state index contributed by atoms with van der Waals surface area (Å²) >= 11 is 1.19. The van der Waals surface area contributed by atoms with Crippen molar-refractivity contribution in [2.75, 3.05) is 0 Å². The van der Waals surface area contributed by atoms with Gasteiger partial charge >= 0.3 is 0 Å². The number of para-hydroxylation sites is 3. The van der Waals surface area contributed by atoms with E-state index in [0.717, 1.165) is 16.8 Å². The molecule has 0 saturated carbocycles. The third kappa shape index (κ3) is 4.04. The second-order valence-electron chi connectivity index (χ2n) is 11.9. The van der Waals surface area contributed by atoms with E-state index in [0.29, 0.717) is 20.6 Å². The minimum Gasteiger partial charge on any atom is -0.456 e. The molecule has 0 bridgehead atoms. The molecule has 1 aliphatic rings. The fourth-order valence-corrected chi connectivity index (χ4v) is 8.16. The summed E-state index contributed by atoms with van der Waals surface area (Å²) in [6, 6.07) is 26.6. The Morgan fingerprint density at radius 3 is 2.02 bits per heavy atom. The number of fused-ring (bicyclic) bond motifs is 7. The van der Waals surface area contributed by atoms with Crippen LogP contribution in [0.5, 0.6) is 11.5 Å². The first-order valence-electron chi connectivity index (χ1n) is 24.2. The number of rotatable bonds is 3. The molecule has 1 aliphatic heterocycles. The maximum Gasteiger partial charge on any atom is 0.190 e. The Kier molecular flexibility index (Phi) is 3.45. The number of aryl methyl sites for hydroxylation is 2. The summed E-state index contributed by atoms with van der Waals surface area (Å²) in [4.78, 5) is 0.507. The van der Waals surface area contributed by atoms with Crippen LogP contribution in [-0.4, -0.2) is 0 Å². The maximum atomic E-state index is 9.08. The van der Waals surface area contributed by atoms with E-state index >= 15 is 0 Å². The van der Waals surface area contributed by atoms with Crippen molar-refractivity contribution in [3.8, 4) is 44.9 Å². The molecule has 0 spiro atoms. The highest BCUT2D eigenvalue weighted by atomic mass is 32.1. The van der Waals surface area contributed by atoms with Gasteiger partial charge in [0.15, 0.2) is 4.90 Å². The molecular formula is C45H36O2S. The van der Waals surface area contributed by atoms with Gasteiger partial charge in [-0.05, 0) is 84.0 Å². The van der Waals surface area contributed by atoms with Gasteiger partial charge in [-0.2, -0.15) is 0 Å². The first-order chi connectivity index (χ1) is 30.6. The van der Waals surface area contributed by atoms with Crippen molar-refractivity contribution in [1.82, 2.24) is 0 Å². The quantitative estimate of drug-likeness (QED) is 0.188. The summed E-state index contributed by atoms with van der Waals surface area (Å²) in [6.07, 6.45) is 0. The standard InChI is InChI=1S/C45H36O2S/c1-25-21-23-29(27(3)39(25)32-14-12-18-36-42(32)46-38-20-10-8-17-35(38)45(36,5)6)30-24-22-26(2)40(28(30)4)33-15-11-16-34-41-31-13-7-9-19-37(31)47-44(41)48-43(33)34/h7-24H,1-6H3/i1D3,2D3,3D3,4D3,5D3,6D3. The molecule has 0 saturated heterocycles. The van der Waals surface area contributed by atoms with E-state index < -0.39 is 74.5 Å². The van der Waals surface area contributed by atoms with E-state index in [4.69, 9.17) is 33.8 Å². The van der Waals surface area contributed by atoms with Gasteiger partial charge in [-0.25, -0.2) is 0 Å². The molecule has 2 nitrogen and oxygen atoms in total. The van der Waals surface area contributed by atoms with Gasteiger partial charge in [-0.15, -0.1) is 0 Å². The Morgan fingerprint density at radius 2 is 1.25 bits per heavy atom. The molecular weight excluding hydrogens is 605 g/mol. The van der Waals surface area contributed by atoms with Crippen LogP contribution < -0.4 is 4.74 Å². The van der Waals surface area contributed by atoms with Crippen molar-refractivity contribution in [3.05, 3.63) is 143 Å². The zero-order valence-electron chi connectivity index (χ0n) is 43.1. The van der Waals surface area contributed by atoms with Crippen molar-refractivity contribution in [2.24, 2.45) is 0 Å². The SMILES string of the molecule is [2H]C([2H])([2H])c1ccc(-c2ccc(C([2H])([2H])[2H])c(-c3cccc4c3sc3oc5ccccc5c34)c2C([2H])([2H])[2H])c(C([2H])([2H])[2H])c1-c1cccc2c1Oc1ccccc1C2(C([2H])([2H])[2H])C([2H])([2H])[2H]. The molecule has 0 aliphatic carbocycles. The van der Waals surface area contributed by atoms with Gasteiger partial charge in [0, 0.05) is 73.2 Å². The molecule has 3 heterocycles. The van der Waals surface area contributed by atoms with E-state index in [1.54, 1.807) is 12.1 Å². The summed E-state index contributed by atoms with van der Waals surface area (Å²) < 4.78 is 172. The molecule has 0 radical (unpaired) electrons. The third-order valence-corrected chi connectivity index (χ3v) is 10.3. The lowest BCUT2D eigenvalue weighted by molar-refractivity contribution is 0.419. The molecule has 48 heavy (non-hydrogen) atoms. The molecule has 9 rings (SSSR count). The molecule has 8 aromatic rings. The van der Waals surface area contributed by atoms with Crippen molar-refractivity contribution in [3.63, 3.8) is 0 Å². The predicted octanol–water partition coefficient (Wildman–Crippen LogP) is 13.5. The topological polar surface area (TPSA) is 22.4 Å². The Bertz CT molecular complexity index is 3250. The smallest absolute Gasteiger partial charge is 0.190 e. The van der Waals surface area contributed by atoms with E-state index in [1.165, 1.54) is 72.0 Å². The third-order valence-electron chi connectivity index (χ3n) is 9.20. The van der Waals surface area contributed by atoms with Gasteiger partial charge in [-0.1, -0.05) is 122 Å². The Hall–Kier alpha value is -5.12. The number of hydrogen-bond donors (Lipinski definition) is 0. The average Bonchev–Trinajstić information content (AvgIpc) is 3.75. The minimum absolute atomic E-state index is 0.177. The lowest BCUT2D eigenvalue weighted by Crippen LogP contribution is -2.24. The van der Waals surface area contributed by atoms with Gasteiger partial charge in [0.1, 0.15) is 17.1 Å². The number of benzene rings is 6.